The van der Waals surface area contributed by atoms with E-state index in [0.717, 1.165) is 35.2 Å². The molecule has 0 atom stereocenters. The molecule has 2 aromatic carbocycles. The maximum absolute atomic E-state index is 13.4. The van der Waals surface area contributed by atoms with E-state index in [4.69, 9.17) is 9.47 Å². The summed E-state index contributed by atoms with van der Waals surface area (Å²) in [6.45, 7) is 2.74. The van der Waals surface area contributed by atoms with Crippen molar-refractivity contribution >= 4 is 26.6 Å². The molecule has 142 valence electrons. The van der Waals surface area contributed by atoms with Crippen LogP contribution in [0.2, 0.25) is 0 Å². The van der Waals surface area contributed by atoms with E-state index < -0.39 is 10.0 Å². The number of likely N-dealkylation sites (N-methyl/N-ethyl adjacent to an activating group) is 1. The minimum absolute atomic E-state index is 0.246. The van der Waals surface area contributed by atoms with Gasteiger partial charge in [-0.25, -0.2) is 12.4 Å². The second kappa shape index (κ2) is 6.20. The molecule has 6 nitrogen and oxygen atoms in total. The van der Waals surface area contributed by atoms with Crippen LogP contribution in [0, 0.1) is 6.92 Å². The minimum Gasteiger partial charge on any atom is -0.493 e. The number of nitrogens with zero attached hydrogens (tertiary/aromatic N) is 2. The summed E-state index contributed by atoms with van der Waals surface area (Å²) < 4.78 is 39.3. The fourth-order valence-corrected chi connectivity index (χ4v) is 5.06. The molecule has 0 fully saturated rings. The molecule has 4 rings (SSSR count). The van der Waals surface area contributed by atoms with Crippen LogP contribution in [0.5, 0.6) is 11.5 Å². The summed E-state index contributed by atoms with van der Waals surface area (Å²) in [5.41, 5.74) is 3.47. The second-order valence-corrected chi connectivity index (χ2v) is 8.61. The SMILES string of the molecule is COc1cc2c3c(cn(S(=O)(=O)c4ccc(C)cc4)c3c1OC)CCN2C. The Morgan fingerprint density at radius 3 is 2.41 bits per heavy atom. The maximum atomic E-state index is 13.4. The highest BCUT2D eigenvalue weighted by molar-refractivity contribution is 7.90. The van der Waals surface area contributed by atoms with Crippen molar-refractivity contribution in [1.29, 1.82) is 0 Å². The molecule has 0 bridgehead atoms. The minimum atomic E-state index is -3.77. The zero-order valence-electron chi connectivity index (χ0n) is 15.8. The Morgan fingerprint density at radius 1 is 1.07 bits per heavy atom. The first-order chi connectivity index (χ1) is 12.9. The molecule has 0 amide bonds. The van der Waals surface area contributed by atoms with Gasteiger partial charge < -0.3 is 14.4 Å². The van der Waals surface area contributed by atoms with Gasteiger partial charge in [-0.05, 0) is 31.0 Å². The van der Waals surface area contributed by atoms with Gasteiger partial charge >= 0.3 is 0 Å². The van der Waals surface area contributed by atoms with Crippen LogP contribution in [0.25, 0.3) is 10.9 Å². The van der Waals surface area contributed by atoms with Gasteiger partial charge in [0.15, 0.2) is 11.5 Å². The molecule has 0 aliphatic carbocycles. The summed E-state index contributed by atoms with van der Waals surface area (Å²) in [5.74, 6) is 0.937. The number of ether oxygens (including phenoxy) is 2. The van der Waals surface area contributed by atoms with Crippen molar-refractivity contribution in [1.82, 2.24) is 3.97 Å². The molecular weight excluding hydrogens is 364 g/mol. The van der Waals surface area contributed by atoms with E-state index in [2.05, 4.69) is 4.90 Å². The molecule has 0 radical (unpaired) electrons. The first-order valence-electron chi connectivity index (χ1n) is 8.70. The van der Waals surface area contributed by atoms with Crippen molar-refractivity contribution < 1.29 is 17.9 Å². The lowest BCUT2D eigenvalue weighted by atomic mass is 10.0. The number of rotatable bonds is 4. The van der Waals surface area contributed by atoms with Crippen LogP contribution in [0.15, 0.2) is 41.4 Å². The third-order valence-corrected chi connectivity index (χ3v) is 6.82. The molecule has 2 heterocycles. The lowest BCUT2D eigenvalue weighted by Crippen LogP contribution is -2.23. The van der Waals surface area contributed by atoms with Crippen LogP contribution in [0.4, 0.5) is 5.69 Å². The average molecular weight is 386 g/mol. The van der Waals surface area contributed by atoms with E-state index in [1.807, 2.05) is 20.0 Å². The number of anilines is 1. The third-order valence-electron chi connectivity index (χ3n) is 5.14. The zero-order valence-corrected chi connectivity index (χ0v) is 16.6. The third kappa shape index (κ3) is 2.56. The van der Waals surface area contributed by atoms with Crippen LogP contribution in [0.3, 0.4) is 0 Å². The van der Waals surface area contributed by atoms with Crippen molar-refractivity contribution in [2.45, 2.75) is 18.2 Å². The number of aryl methyl sites for hydroxylation is 1. The molecule has 7 heteroatoms. The van der Waals surface area contributed by atoms with E-state index in [-0.39, 0.29) is 4.90 Å². The van der Waals surface area contributed by atoms with Crippen LogP contribution in [-0.2, 0) is 16.4 Å². The first kappa shape index (κ1) is 17.7. The van der Waals surface area contributed by atoms with Gasteiger partial charge in [-0.1, -0.05) is 17.7 Å². The van der Waals surface area contributed by atoms with Crippen molar-refractivity contribution in [2.24, 2.45) is 0 Å². The Bertz CT molecular complexity index is 1130. The number of benzene rings is 2. The Morgan fingerprint density at radius 2 is 1.78 bits per heavy atom. The summed E-state index contributed by atoms with van der Waals surface area (Å²) in [6, 6.07) is 8.78. The number of methoxy groups -OCH3 is 2. The van der Waals surface area contributed by atoms with Crippen LogP contribution in [-0.4, -0.2) is 40.2 Å². The van der Waals surface area contributed by atoms with Crippen LogP contribution >= 0.6 is 0 Å². The molecule has 0 spiro atoms. The van der Waals surface area contributed by atoms with Crippen molar-refractivity contribution in [2.75, 3.05) is 32.7 Å². The van der Waals surface area contributed by atoms with Gasteiger partial charge in [-0.3, -0.25) is 0 Å². The van der Waals surface area contributed by atoms with Gasteiger partial charge in [-0.2, -0.15) is 0 Å². The van der Waals surface area contributed by atoms with Crippen molar-refractivity contribution in [3.05, 3.63) is 47.7 Å². The van der Waals surface area contributed by atoms with E-state index in [1.165, 1.54) is 11.1 Å². The molecule has 27 heavy (non-hydrogen) atoms. The van der Waals surface area contributed by atoms with Gasteiger partial charge in [0, 0.05) is 31.2 Å². The predicted molar refractivity (Wildman–Crippen MR) is 106 cm³/mol. The predicted octanol–water partition coefficient (Wildman–Crippen LogP) is 3.20. The van der Waals surface area contributed by atoms with E-state index in [9.17, 15) is 8.42 Å². The summed E-state index contributed by atoms with van der Waals surface area (Å²) in [6.07, 6.45) is 2.49. The largest absolute Gasteiger partial charge is 0.493 e. The van der Waals surface area contributed by atoms with Gasteiger partial charge in [0.1, 0.15) is 5.52 Å². The van der Waals surface area contributed by atoms with Gasteiger partial charge in [0.05, 0.1) is 24.8 Å². The normalized spacial score (nSPS) is 13.9. The molecule has 0 saturated carbocycles. The summed E-state index contributed by atoms with van der Waals surface area (Å²) in [5, 5.41) is 0.900. The topological polar surface area (TPSA) is 60.8 Å². The first-order valence-corrected chi connectivity index (χ1v) is 10.1. The zero-order chi connectivity index (χ0) is 19.3. The number of aromatic nitrogens is 1. The van der Waals surface area contributed by atoms with Gasteiger partial charge in [0.25, 0.3) is 10.0 Å². The second-order valence-electron chi connectivity index (χ2n) is 6.79. The van der Waals surface area contributed by atoms with E-state index in [1.54, 1.807) is 37.6 Å². The smallest absolute Gasteiger partial charge is 0.268 e. The molecule has 1 aliphatic rings. The monoisotopic (exact) mass is 386 g/mol. The lowest BCUT2D eigenvalue weighted by Gasteiger charge is -2.26. The Balaban J connectivity index is 2.09. The van der Waals surface area contributed by atoms with E-state index >= 15 is 0 Å². The van der Waals surface area contributed by atoms with E-state index in [0.29, 0.717) is 17.0 Å². The van der Waals surface area contributed by atoms with Crippen LogP contribution in [0.1, 0.15) is 11.1 Å². The molecule has 1 aromatic heterocycles. The Hall–Kier alpha value is -2.67. The highest BCUT2D eigenvalue weighted by atomic mass is 32.2. The Labute approximate surface area is 159 Å². The standard InChI is InChI=1S/C20H22N2O4S/c1-13-5-7-15(8-6-13)27(23,24)22-12-14-9-10-21(2)16-11-17(25-3)20(26-4)19(22)18(14)16/h5-8,11-12H,9-10H2,1-4H3. The molecule has 0 N–H and O–H groups in total. The lowest BCUT2D eigenvalue weighted by molar-refractivity contribution is 0.358. The maximum Gasteiger partial charge on any atom is 0.268 e. The summed E-state index contributed by atoms with van der Waals surface area (Å²) in [4.78, 5) is 2.36. The van der Waals surface area contributed by atoms with Crippen molar-refractivity contribution in [3.8, 4) is 11.5 Å². The average Bonchev–Trinajstić information content (AvgIpc) is 3.05. The molecule has 0 saturated heterocycles. The Kier molecular flexibility index (Phi) is 4.07. The summed E-state index contributed by atoms with van der Waals surface area (Å²) >= 11 is 0. The number of hydrogen-bond donors (Lipinski definition) is 0. The summed E-state index contributed by atoms with van der Waals surface area (Å²) in [7, 11) is 1.31. The molecule has 1 aliphatic heterocycles. The quantitative estimate of drug-likeness (QED) is 0.689. The highest BCUT2D eigenvalue weighted by Gasteiger charge is 2.30. The van der Waals surface area contributed by atoms with Gasteiger partial charge in [0.2, 0.25) is 0 Å². The van der Waals surface area contributed by atoms with Crippen LogP contribution < -0.4 is 14.4 Å². The van der Waals surface area contributed by atoms with Gasteiger partial charge in [-0.15, -0.1) is 0 Å². The molecular formula is C20H22N2O4S. The fourth-order valence-electron chi connectivity index (χ4n) is 3.67. The van der Waals surface area contributed by atoms with Crippen molar-refractivity contribution in [3.63, 3.8) is 0 Å². The highest BCUT2D eigenvalue weighted by Crippen LogP contribution is 2.46. The molecule has 0 unspecified atom stereocenters. The molecule has 3 aromatic rings. The fraction of sp³-hybridized carbons (Fsp3) is 0.300. The number of hydrogen-bond acceptors (Lipinski definition) is 5.